The van der Waals surface area contributed by atoms with Crippen molar-refractivity contribution in [3.63, 3.8) is 0 Å². The van der Waals surface area contributed by atoms with E-state index < -0.39 is 17.3 Å². The largest absolute Gasteiger partial charge is 0.481 e. The third kappa shape index (κ3) is 2.25. The summed E-state index contributed by atoms with van der Waals surface area (Å²) in [6.45, 7) is 5.80. The van der Waals surface area contributed by atoms with Crippen molar-refractivity contribution in [2.24, 2.45) is 17.3 Å². The second-order valence-electron chi connectivity index (χ2n) is 6.73. The molecule has 0 unspecified atom stereocenters. The SMILES string of the molecule is CC1(NC(=O)[C@H]2[C@@H](C(=O)O)C2(C)C)CCCCC1. The molecule has 0 heterocycles. The predicted molar refractivity (Wildman–Crippen MR) is 68.0 cm³/mol. The lowest BCUT2D eigenvalue weighted by Crippen LogP contribution is -2.48. The quantitative estimate of drug-likeness (QED) is 0.810. The van der Waals surface area contributed by atoms with Crippen molar-refractivity contribution in [3.05, 3.63) is 0 Å². The van der Waals surface area contributed by atoms with Gasteiger partial charge in [0.2, 0.25) is 5.91 Å². The summed E-state index contributed by atoms with van der Waals surface area (Å²) in [7, 11) is 0. The number of aliphatic carboxylic acids is 1. The first-order chi connectivity index (χ1) is 8.28. The third-order valence-electron chi connectivity index (χ3n) is 4.76. The zero-order valence-corrected chi connectivity index (χ0v) is 11.5. The summed E-state index contributed by atoms with van der Waals surface area (Å²) in [5.41, 5.74) is -0.530. The van der Waals surface area contributed by atoms with Gasteiger partial charge >= 0.3 is 5.97 Å². The normalized spacial score (nSPS) is 32.6. The van der Waals surface area contributed by atoms with Crippen LogP contribution in [0.1, 0.15) is 52.9 Å². The van der Waals surface area contributed by atoms with Crippen LogP contribution in [-0.4, -0.2) is 22.5 Å². The van der Waals surface area contributed by atoms with Crippen molar-refractivity contribution in [1.82, 2.24) is 5.32 Å². The molecule has 1 amide bonds. The van der Waals surface area contributed by atoms with Crippen molar-refractivity contribution in [2.45, 2.75) is 58.4 Å². The van der Waals surface area contributed by atoms with E-state index >= 15 is 0 Å². The lowest BCUT2D eigenvalue weighted by Gasteiger charge is -2.34. The van der Waals surface area contributed by atoms with Gasteiger partial charge < -0.3 is 10.4 Å². The van der Waals surface area contributed by atoms with E-state index in [4.69, 9.17) is 5.11 Å². The van der Waals surface area contributed by atoms with Crippen molar-refractivity contribution >= 4 is 11.9 Å². The molecule has 4 heteroatoms. The van der Waals surface area contributed by atoms with Gasteiger partial charge in [-0.2, -0.15) is 0 Å². The minimum Gasteiger partial charge on any atom is -0.481 e. The Kier molecular flexibility index (Phi) is 3.16. The smallest absolute Gasteiger partial charge is 0.307 e. The highest BCUT2D eigenvalue weighted by atomic mass is 16.4. The van der Waals surface area contributed by atoms with Crippen LogP contribution in [0.25, 0.3) is 0 Å². The van der Waals surface area contributed by atoms with Crippen molar-refractivity contribution < 1.29 is 14.7 Å². The number of amides is 1. The van der Waals surface area contributed by atoms with E-state index in [1.807, 2.05) is 13.8 Å². The summed E-state index contributed by atoms with van der Waals surface area (Å²) in [6.07, 6.45) is 5.53. The van der Waals surface area contributed by atoms with Gasteiger partial charge in [0.15, 0.2) is 0 Å². The van der Waals surface area contributed by atoms with Crippen LogP contribution in [-0.2, 0) is 9.59 Å². The molecule has 2 fully saturated rings. The summed E-state index contributed by atoms with van der Waals surface area (Å²) in [6, 6.07) is 0. The Balaban J connectivity index is 1.99. The van der Waals surface area contributed by atoms with Gasteiger partial charge in [-0.05, 0) is 25.2 Å². The first-order valence-electron chi connectivity index (χ1n) is 6.83. The number of rotatable bonds is 3. The number of nitrogens with one attached hydrogen (secondary N) is 1. The highest BCUT2D eigenvalue weighted by molar-refractivity contribution is 5.92. The zero-order valence-electron chi connectivity index (χ0n) is 11.5. The van der Waals surface area contributed by atoms with Crippen LogP contribution in [0.5, 0.6) is 0 Å². The summed E-state index contributed by atoms with van der Waals surface area (Å²) < 4.78 is 0. The van der Waals surface area contributed by atoms with E-state index in [0.717, 1.165) is 25.7 Å². The summed E-state index contributed by atoms with van der Waals surface area (Å²) in [5.74, 6) is -1.82. The molecule has 4 nitrogen and oxygen atoms in total. The Hall–Kier alpha value is -1.06. The van der Waals surface area contributed by atoms with Gasteiger partial charge in [-0.15, -0.1) is 0 Å². The van der Waals surface area contributed by atoms with Crippen LogP contribution >= 0.6 is 0 Å². The Bertz CT molecular complexity index is 369. The standard InChI is InChI=1S/C14H23NO3/c1-13(2)9(10(13)12(17)18)11(16)15-14(3)7-5-4-6-8-14/h9-10H,4-8H2,1-3H3,(H,15,16)(H,17,18)/t9-,10+/m1/s1. The van der Waals surface area contributed by atoms with Crippen LogP contribution in [0, 0.1) is 17.3 Å². The molecule has 2 aliphatic carbocycles. The Morgan fingerprint density at radius 2 is 1.61 bits per heavy atom. The summed E-state index contributed by atoms with van der Waals surface area (Å²) >= 11 is 0. The molecule has 0 spiro atoms. The first kappa shape index (κ1) is 13.4. The maximum Gasteiger partial charge on any atom is 0.307 e. The number of hydrogen-bond acceptors (Lipinski definition) is 2. The maximum atomic E-state index is 12.2. The van der Waals surface area contributed by atoms with Crippen molar-refractivity contribution in [1.29, 1.82) is 0 Å². The molecule has 0 aromatic heterocycles. The van der Waals surface area contributed by atoms with Gasteiger partial charge in [-0.25, -0.2) is 0 Å². The van der Waals surface area contributed by atoms with E-state index in [9.17, 15) is 9.59 Å². The minimum atomic E-state index is -0.853. The zero-order chi connectivity index (χ0) is 13.6. The molecule has 0 radical (unpaired) electrons. The fourth-order valence-electron chi connectivity index (χ4n) is 3.42. The lowest BCUT2D eigenvalue weighted by molar-refractivity contribution is -0.140. The van der Waals surface area contributed by atoms with Crippen LogP contribution < -0.4 is 5.32 Å². The summed E-state index contributed by atoms with van der Waals surface area (Å²) in [4.78, 5) is 23.3. The molecule has 2 atom stereocenters. The lowest BCUT2D eigenvalue weighted by atomic mass is 9.83. The van der Waals surface area contributed by atoms with Crippen LogP contribution in [0.4, 0.5) is 0 Å². The average molecular weight is 253 g/mol. The van der Waals surface area contributed by atoms with E-state index in [-0.39, 0.29) is 17.4 Å². The topological polar surface area (TPSA) is 66.4 Å². The fraction of sp³-hybridized carbons (Fsp3) is 0.857. The third-order valence-corrected chi connectivity index (χ3v) is 4.76. The Labute approximate surface area is 108 Å². The van der Waals surface area contributed by atoms with Gasteiger partial charge in [0.25, 0.3) is 0 Å². The Morgan fingerprint density at radius 1 is 1.06 bits per heavy atom. The molecule has 102 valence electrons. The van der Waals surface area contributed by atoms with Crippen molar-refractivity contribution in [3.8, 4) is 0 Å². The van der Waals surface area contributed by atoms with Crippen LogP contribution in [0.2, 0.25) is 0 Å². The van der Waals surface area contributed by atoms with Gasteiger partial charge in [-0.1, -0.05) is 33.1 Å². The van der Waals surface area contributed by atoms with Gasteiger partial charge in [0.1, 0.15) is 0 Å². The number of carbonyl (C=O) groups is 2. The molecule has 2 saturated carbocycles. The maximum absolute atomic E-state index is 12.2. The Morgan fingerprint density at radius 3 is 2.06 bits per heavy atom. The van der Waals surface area contributed by atoms with E-state index in [2.05, 4.69) is 12.2 Å². The van der Waals surface area contributed by atoms with E-state index in [1.54, 1.807) is 0 Å². The number of carbonyl (C=O) groups excluding carboxylic acids is 1. The van der Waals surface area contributed by atoms with Gasteiger partial charge in [0, 0.05) is 5.54 Å². The fourth-order valence-corrected chi connectivity index (χ4v) is 3.42. The van der Waals surface area contributed by atoms with Crippen LogP contribution in [0.15, 0.2) is 0 Å². The summed E-state index contributed by atoms with van der Waals surface area (Å²) in [5, 5.41) is 12.2. The van der Waals surface area contributed by atoms with Gasteiger partial charge in [0.05, 0.1) is 11.8 Å². The first-order valence-corrected chi connectivity index (χ1v) is 6.83. The molecular formula is C14H23NO3. The van der Waals surface area contributed by atoms with Crippen molar-refractivity contribution in [2.75, 3.05) is 0 Å². The van der Waals surface area contributed by atoms with E-state index in [0.29, 0.717) is 0 Å². The molecule has 0 bridgehead atoms. The highest BCUT2D eigenvalue weighted by Gasteiger charge is 2.66. The molecule has 2 rings (SSSR count). The monoisotopic (exact) mass is 253 g/mol. The number of hydrogen-bond donors (Lipinski definition) is 2. The van der Waals surface area contributed by atoms with E-state index in [1.165, 1.54) is 6.42 Å². The molecule has 0 aromatic carbocycles. The average Bonchev–Trinajstić information content (AvgIpc) is 2.82. The molecule has 2 aliphatic rings. The minimum absolute atomic E-state index is 0.0724. The molecule has 0 aromatic rings. The number of carboxylic acids is 1. The van der Waals surface area contributed by atoms with Crippen LogP contribution in [0.3, 0.4) is 0 Å². The number of carboxylic acid groups (broad SMARTS) is 1. The van der Waals surface area contributed by atoms with Gasteiger partial charge in [-0.3, -0.25) is 9.59 Å². The second-order valence-corrected chi connectivity index (χ2v) is 6.73. The predicted octanol–water partition coefficient (Wildman–Crippen LogP) is 2.18. The molecular weight excluding hydrogens is 230 g/mol. The highest BCUT2D eigenvalue weighted by Crippen LogP contribution is 2.58. The molecule has 0 aliphatic heterocycles. The molecule has 2 N–H and O–H groups in total. The second kappa shape index (κ2) is 4.25. The molecule has 0 saturated heterocycles. The molecule has 18 heavy (non-hydrogen) atoms.